The molecular formula is C11H18N2O4. The van der Waals surface area contributed by atoms with E-state index in [4.69, 9.17) is 11.5 Å². The van der Waals surface area contributed by atoms with Crippen molar-refractivity contribution >= 4 is 12.0 Å². The Hall–Kier alpha value is -1.74. The van der Waals surface area contributed by atoms with Gasteiger partial charge in [-0.3, -0.25) is 0 Å². The number of carbonyl (C=O) groups is 2. The van der Waals surface area contributed by atoms with Gasteiger partial charge in [-0.05, 0) is 13.3 Å². The molecule has 17 heavy (non-hydrogen) atoms. The van der Waals surface area contributed by atoms with E-state index < -0.39 is 17.6 Å². The van der Waals surface area contributed by atoms with Crippen LogP contribution in [0.4, 0.5) is 4.79 Å². The van der Waals surface area contributed by atoms with Crippen molar-refractivity contribution in [2.45, 2.75) is 38.3 Å². The topological polar surface area (TPSA) is 98.7 Å². The summed E-state index contributed by atoms with van der Waals surface area (Å²) in [6, 6.07) is -0.705. The van der Waals surface area contributed by atoms with Crippen molar-refractivity contribution in [1.29, 1.82) is 0 Å². The van der Waals surface area contributed by atoms with Gasteiger partial charge in [0.05, 0.1) is 6.54 Å². The lowest BCUT2D eigenvalue weighted by Crippen LogP contribution is -2.50. The number of amides is 2. The molecule has 0 aromatic rings. The summed E-state index contributed by atoms with van der Waals surface area (Å²) in [6.07, 6.45) is 6.20. The van der Waals surface area contributed by atoms with Crippen LogP contribution in [0.3, 0.4) is 0 Å². The standard InChI is InChI=1S/C11H18N2O4/c1-4-6-8(5-2)13-10(16)12-7-11(3,17)9(14)15/h1,8,17H,5-7H2,2-3H3,(H,14,15)(H2,12,13,16). The minimum absolute atomic E-state index is 0.158. The number of hydrogen-bond acceptors (Lipinski definition) is 3. The number of nitrogens with one attached hydrogen (secondary N) is 2. The van der Waals surface area contributed by atoms with Crippen LogP contribution in [0.2, 0.25) is 0 Å². The second kappa shape index (κ2) is 6.76. The second-order valence-electron chi connectivity index (χ2n) is 3.92. The van der Waals surface area contributed by atoms with Crippen LogP contribution in [0.1, 0.15) is 26.7 Å². The van der Waals surface area contributed by atoms with E-state index in [1.807, 2.05) is 6.92 Å². The first kappa shape index (κ1) is 15.3. The number of aliphatic carboxylic acids is 1. The van der Waals surface area contributed by atoms with Gasteiger partial charge in [0.25, 0.3) is 0 Å². The highest BCUT2D eigenvalue weighted by molar-refractivity contribution is 5.79. The van der Waals surface area contributed by atoms with Crippen LogP contribution in [-0.2, 0) is 4.79 Å². The van der Waals surface area contributed by atoms with Crippen molar-refractivity contribution in [3.05, 3.63) is 0 Å². The predicted molar refractivity (Wildman–Crippen MR) is 62.3 cm³/mol. The number of terminal acetylenes is 1. The lowest BCUT2D eigenvalue weighted by atomic mass is 10.1. The van der Waals surface area contributed by atoms with Crippen LogP contribution >= 0.6 is 0 Å². The van der Waals surface area contributed by atoms with Crippen molar-refractivity contribution in [3.63, 3.8) is 0 Å². The zero-order valence-electron chi connectivity index (χ0n) is 9.99. The van der Waals surface area contributed by atoms with Gasteiger partial charge in [-0.15, -0.1) is 12.3 Å². The normalized spacial score (nSPS) is 15.2. The van der Waals surface area contributed by atoms with E-state index in [1.165, 1.54) is 0 Å². The Kier molecular flexibility index (Phi) is 6.07. The third-order valence-electron chi connectivity index (χ3n) is 2.25. The summed E-state index contributed by atoms with van der Waals surface area (Å²) in [4.78, 5) is 21.9. The van der Waals surface area contributed by atoms with Gasteiger partial charge < -0.3 is 20.8 Å². The molecule has 0 saturated carbocycles. The molecule has 6 heteroatoms. The zero-order valence-corrected chi connectivity index (χ0v) is 9.99. The summed E-state index contributed by atoms with van der Waals surface area (Å²) in [5.41, 5.74) is -1.98. The molecule has 0 spiro atoms. The fourth-order valence-electron chi connectivity index (χ4n) is 1.00. The number of aliphatic hydroxyl groups is 1. The minimum atomic E-state index is -1.98. The van der Waals surface area contributed by atoms with Gasteiger partial charge in [-0.1, -0.05) is 6.92 Å². The largest absolute Gasteiger partial charge is 0.479 e. The van der Waals surface area contributed by atoms with E-state index in [-0.39, 0.29) is 12.6 Å². The summed E-state index contributed by atoms with van der Waals surface area (Å²) >= 11 is 0. The molecule has 4 N–H and O–H groups in total. The van der Waals surface area contributed by atoms with Gasteiger partial charge in [0.2, 0.25) is 0 Å². The van der Waals surface area contributed by atoms with Gasteiger partial charge in [-0.2, -0.15) is 0 Å². The average Bonchev–Trinajstić information content (AvgIpc) is 2.25. The Bertz CT molecular complexity index is 320. The van der Waals surface area contributed by atoms with Crippen molar-refractivity contribution in [2.24, 2.45) is 0 Å². The maximum Gasteiger partial charge on any atom is 0.337 e. The third kappa shape index (κ3) is 5.78. The molecule has 0 heterocycles. The predicted octanol–water partition coefficient (Wildman–Crippen LogP) is -0.0769. The van der Waals surface area contributed by atoms with Gasteiger partial charge in [-0.25, -0.2) is 9.59 Å². The number of urea groups is 1. The van der Waals surface area contributed by atoms with E-state index >= 15 is 0 Å². The number of rotatable bonds is 6. The molecule has 0 aliphatic rings. The molecule has 6 nitrogen and oxygen atoms in total. The summed E-state index contributed by atoms with van der Waals surface area (Å²) in [6.45, 7) is 2.60. The number of carboxylic acids is 1. The molecule has 2 amide bonds. The third-order valence-corrected chi connectivity index (χ3v) is 2.25. The van der Waals surface area contributed by atoms with Crippen molar-refractivity contribution in [3.8, 4) is 12.3 Å². The van der Waals surface area contributed by atoms with Crippen LogP contribution in [-0.4, -0.2) is 40.4 Å². The van der Waals surface area contributed by atoms with E-state index in [0.717, 1.165) is 6.92 Å². The molecule has 0 rings (SSSR count). The van der Waals surface area contributed by atoms with Crippen molar-refractivity contribution < 1.29 is 19.8 Å². The highest BCUT2D eigenvalue weighted by Crippen LogP contribution is 2.01. The lowest BCUT2D eigenvalue weighted by Gasteiger charge is -2.20. The zero-order chi connectivity index (χ0) is 13.5. The molecule has 0 aliphatic heterocycles. The van der Waals surface area contributed by atoms with Crippen LogP contribution in [0, 0.1) is 12.3 Å². The maximum absolute atomic E-state index is 11.4. The fraction of sp³-hybridized carbons (Fsp3) is 0.636. The summed E-state index contributed by atoms with van der Waals surface area (Å²) in [5, 5.41) is 22.8. The first-order valence-corrected chi connectivity index (χ1v) is 5.27. The smallest absolute Gasteiger partial charge is 0.337 e. The van der Waals surface area contributed by atoms with Crippen LogP contribution in [0.15, 0.2) is 0 Å². The SMILES string of the molecule is C#CCC(CC)NC(=O)NCC(C)(O)C(=O)O. The second-order valence-corrected chi connectivity index (χ2v) is 3.92. The molecular weight excluding hydrogens is 224 g/mol. The van der Waals surface area contributed by atoms with Crippen LogP contribution in [0.25, 0.3) is 0 Å². The molecule has 0 saturated heterocycles. The summed E-state index contributed by atoms with van der Waals surface area (Å²) < 4.78 is 0. The number of hydrogen-bond donors (Lipinski definition) is 4. The fourth-order valence-corrected chi connectivity index (χ4v) is 1.00. The summed E-state index contributed by atoms with van der Waals surface area (Å²) in [5.74, 6) is 1.03. The molecule has 0 radical (unpaired) electrons. The van der Waals surface area contributed by atoms with E-state index in [1.54, 1.807) is 0 Å². The lowest BCUT2D eigenvalue weighted by molar-refractivity contribution is -0.155. The molecule has 0 aromatic carbocycles. The molecule has 96 valence electrons. The molecule has 2 atom stereocenters. The first-order chi connectivity index (χ1) is 7.83. The quantitative estimate of drug-likeness (QED) is 0.490. The summed E-state index contributed by atoms with van der Waals surface area (Å²) in [7, 11) is 0. The maximum atomic E-state index is 11.4. The van der Waals surface area contributed by atoms with Gasteiger partial charge >= 0.3 is 12.0 Å². The van der Waals surface area contributed by atoms with Crippen molar-refractivity contribution in [1.82, 2.24) is 10.6 Å². The molecule has 0 aliphatic carbocycles. The van der Waals surface area contributed by atoms with Gasteiger partial charge in [0, 0.05) is 12.5 Å². The molecule has 2 unspecified atom stereocenters. The molecule has 0 bridgehead atoms. The average molecular weight is 242 g/mol. The van der Waals surface area contributed by atoms with Crippen LogP contribution in [0.5, 0.6) is 0 Å². The van der Waals surface area contributed by atoms with Crippen molar-refractivity contribution in [2.75, 3.05) is 6.54 Å². The number of carboxylic acid groups (broad SMARTS) is 1. The first-order valence-electron chi connectivity index (χ1n) is 5.27. The Morgan fingerprint density at radius 1 is 1.53 bits per heavy atom. The molecule has 0 fully saturated rings. The molecule has 0 aromatic heterocycles. The van der Waals surface area contributed by atoms with Gasteiger partial charge in [0.1, 0.15) is 0 Å². The van der Waals surface area contributed by atoms with Gasteiger partial charge in [0.15, 0.2) is 5.60 Å². The van der Waals surface area contributed by atoms with E-state index in [2.05, 4.69) is 16.6 Å². The van der Waals surface area contributed by atoms with Crippen LogP contribution < -0.4 is 10.6 Å². The highest BCUT2D eigenvalue weighted by Gasteiger charge is 2.30. The van der Waals surface area contributed by atoms with E-state index in [0.29, 0.717) is 12.8 Å². The Labute approximate surface area is 100 Å². The van der Waals surface area contributed by atoms with E-state index in [9.17, 15) is 14.7 Å². The Morgan fingerprint density at radius 3 is 2.53 bits per heavy atom. The Balaban J connectivity index is 4.11. The number of carbonyl (C=O) groups excluding carboxylic acids is 1. The Morgan fingerprint density at radius 2 is 2.12 bits per heavy atom. The monoisotopic (exact) mass is 242 g/mol. The highest BCUT2D eigenvalue weighted by atomic mass is 16.4. The minimum Gasteiger partial charge on any atom is -0.479 e.